The average molecular weight is 323 g/mol. The molecule has 20 heavy (non-hydrogen) atoms. The highest BCUT2D eigenvalue weighted by molar-refractivity contribution is 6.42. The lowest BCUT2D eigenvalue weighted by molar-refractivity contribution is -0.141. The fraction of sp³-hybridized carbons (Fsp3) is 0.167. The van der Waals surface area contributed by atoms with Gasteiger partial charge in [-0.25, -0.2) is 0 Å². The Morgan fingerprint density at radius 1 is 1.20 bits per heavy atom. The zero-order valence-electron chi connectivity index (χ0n) is 9.79. The molecule has 1 aromatic heterocycles. The van der Waals surface area contributed by atoms with Crippen molar-refractivity contribution in [3.8, 4) is 0 Å². The molecule has 0 fully saturated rings. The van der Waals surface area contributed by atoms with Crippen LogP contribution in [-0.2, 0) is 12.7 Å². The average Bonchev–Trinajstić information content (AvgIpc) is 2.81. The van der Waals surface area contributed by atoms with Gasteiger partial charge >= 0.3 is 6.18 Å². The highest BCUT2D eigenvalue weighted by Crippen LogP contribution is 2.27. The highest BCUT2D eigenvalue weighted by Gasteiger charge is 2.33. The molecule has 0 unspecified atom stereocenters. The summed E-state index contributed by atoms with van der Waals surface area (Å²) < 4.78 is 38.0. The maximum absolute atomic E-state index is 12.4. The van der Waals surface area contributed by atoms with Crippen LogP contribution < -0.4 is 0 Å². The summed E-state index contributed by atoms with van der Waals surface area (Å²) in [4.78, 5) is 11.9. The van der Waals surface area contributed by atoms with E-state index in [2.05, 4.69) is 5.10 Å². The second kappa shape index (κ2) is 5.46. The van der Waals surface area contributed by atoms with E-state index < -0.39 is 17.7 Å². The number of aromatic nitrogens is 2. The summed E-state index contributed by atoms with van der Waals surface area (Å²) in [5, 5.41) is 3.79. The Kier molecular flexibility index (Phi) is 4.06. The number of halogens is 5. The fourth-order valence-corrected chi connectivity index (χ4v) is 1.81. The Morgan fingerprint density at radius 2 is 1.90 bits per heavy atom. The lowest BCUT2D eigenvalue weighted by Gasteiger charge is -2.04. The molecule has 0 saturated carbocycles. The van der Waals surface area contributed by atoms with Crippen LogP contribution in [-0.4, -0.2) is 15.6 Å². The van der Waals surface area contributed by atoms with E-state index in [9.17, 15) is 18.0 Å². The Morgan fingerprint density at radius 3 is 2.45 bits per heavy atom. The molecule has 2 rings (SSSR count). The van der Waals surface area contributed by atoms with Crippen molar-refractivity contribution in [2.45, 2.75) is 12.7 Å². The maximum Gasteiger partial charge on any atom is 0.435 e. The van der Waals surface area contributed by atoms with Gasteiger partial charge in [0.2, 0.25) is 0 Å². The van der Waals surface area contributed by atoms with Crippen molar-refractivity contribution >= 4 is 29.0 Å². The first kappa shape index (κ1) is 14.9. The SMILES string of the molecule is O=C(Cn1ccc(C(F)(F)F)n1)c1ccc(Cl)c(Cl)c1. The van der Waals surface area contributed by atoms with Gasteiger partial charge in [0.05, 0.1) is 10.0 Å². The third kappa shape index (κ3) is 3.32. The first-order valence-electron chi connectivity index (χ1n) is 5.36. The number of alkyl halides is 3. The van der Waals surface area contributed by atoms with E-state index in [1.807, 2.05) is 0 Å². The van der Waals surface area contributed by atoms with E-state index >= 15 is 0 Å². The number of ketones is 1. The van der Waals surface area contributed by atoms with Crippen molar-refractivity contribution in [2.24, 2.45) is 0 Å². The standard InChI is InChI=1S/C12H7Cl2F3N2O/c13-8-2-1-7(5-9(8)14)10(20)6-19-4-3-11(18-19)12(15,16)17/h1-5H,6H2. The number of carbonyl (C=O) groups excluding carboxylic acids is 1. The van der Waals surface area contributed by atoms with Crippen LogP contribution in [0.1, 0.15) is 16.1 Å². The second-order valence-electron chi connectivity index (χ2n) is 3.95. The smallest absolute Gasteiger partial charge is 0.292 e. The largest absolute Gasteiger partial charge is 0.435 e. The van der Waals surface area contributed by atoms with Gasteiger partial charge in [0.15, 0.2) is 11.5 Å². The Labute approximate surface area is 121 Å². The first-order valence-corrected chi connectivity index (χ1v) is 6.12. The van der Waals surface area contributed by atoms with Gasteiger partial charge in [0.25, 0.3) is 0 Å². The maximum atomic E-state index is 12.4. The Bertz CT molecular complexity index is 652. The minimum Gasteiger partial charge on any atom is -0.292 e. The molecule has 0 atom stereocenters. The quantitative estimate of drug-likeness (QED) is 0.798. The van der Waals surface area contributed by atoms with Crippen molar-refractivity contribution in [1.82, 2.24) is 9.78 Å². The summed E-state index contributed by atoms with van der Waals surface area (Å²) in [7, 11) is 0. The van der Waals surface area contributed by atoms with Crippen molar-refractivity contribution < 1.29 is 18.0 Å². The highest BCUT2D eigenvalue weighted by atomic mass is 35.5. The predicted molar refractivity (Wildman–Crippen MR) is 68.0 cm³/mol. The molecule has 1 heterocycles. The second-order valence-corrected chi connectivity index (χ2v) is 4.76. The van der Waals surface area contributed by atoms with Crippen LogP contribution in [0, 0.1) is 0 Å². The molecule has 2 aromatic rings. The van der Waals surface area contributed by atoms with Crippen LogP contribution in [0.2, 0.25) is 10.0 Å². The lowest BCUT2D eigenvalue weighted by Crippen LogP contribution is -2.13. The van der Waals surface area contributed by atoms with Gasteiger partial charge in [-0.05, 0) is 24.3 Å². The monoisotopic (exact) mass is 322 g/mol. The van der Waals surface area contributed by atoms with Gasteiger partial charge in [-0.2, -0.15) is 18.3 Å². The molecule has 0 aliphatic rings. The molecular formula is C12H7Cl2F3N2O. The van der Waals surface area contributed by atoms with Gasteiger partial charge in [-0.3, -0.25) is 9.48 Å². The van der Waals surface area contributed by atoms with Crippen molar-refractivity contribution in [3.05, 3.63) is 51.8 Å². The van der Waals surface area contributed by atoms with E-state index in [0.717, 1.165) is 16.9 Å². The van der Waals surface area contributed by atoms with E-state index in [1.165, 1.54) is 18.2 Å². The Balaban J connectivity index is 2.15. The van der Waals surface area contributed by atoms with Crippen LogP contribution in [0.3, 0.4) is 0 Å². The summed E-state index contributed by atoms with van der Waals surface area (Å²) in [6, 6.07) is 5.06. The number of rotatable bonds is 3. The topological polar surface area (TPSA) is 34.9 Å². The van der Waals surface area contributed by atoms with Crippen LogP contribution in [0.25, 0.3) is 0 Å². The molecule has 0 N–H and O–H groups in total. The lowest BCUT2D eigenvalue weighted by atomic mass is 10.1. The minimum absolute atomic E-state index is 0.203. The van der Waals surface area contributed by atoms with E-state index in [-0.39, 0.29) is 17.1 Å². The summed E-state index contributed by atoms with van der Waals surface area (Å²) in [5.41, 5.74) is -0.789. The first-order chi connectivity index (χ1) is 9.27. The van der Waals surface area contributed by atoms with Crippen molar-refractivity contribution in [2.75, 3.05) is 0 Å². The molecule has 3 nitrogen and oxygen atoms in total. The van der Waals surface area contributed by atoms with E-state index in [1.54, 1.807) is 0 Å². The zero-order valence-corrected chi connectivity index (χ0v) is 11.3. The molecule has 0 aliphatic heterocycles. The van der Waals surface area contributed by atoms with Crippen LogP contribution >= 0.6 is 23.2 Å². The molecule has 0 aliphatic carbocycles. The minimum atomic E-state index is -4.53. The number of carbonyl (C=O) groups is 1. The van der Waals surface area contributed by atoms with Crippen LogP contribution in [0.5, 0.6) is 0 Å². The molecule has 0 radical (unpaired) electrons. The van der Waals surface area contributed by atoms with Gasteiger partial charge in [0.1, 0.15) is 6.54 Å². The fourth-order valence-electron chi connectivity index (χ4n) is 1.51. The number of hydrogen-bond acceptors (Lipinski definition) is 2. The molecule has 1 aromatic carbocycles. The van der Waals surface area contributed by atoms with E-state index in [4.69, 9.17) is 23.2 Å². The molecular weight excluding hydrogens is 316 g/mol. The molecule has 8 heteroatoms. The molecule has 0 spiro atoms. The molecule has 0 amide bonds. The number of Topliss-reactive ketones (excluding diaryl/α,β-unsaturated/α-hetero) is 1. The van der Waals surface area contributed by atoms with Gasteiger partial charge < -0.3 is 0 Å². The Hall–Kier alpha value is -1.53. The normalized spacial score (nSPS) is 11.7. The predicted octanol–water partition coefficient (Wildman–Crippen LogP) is 4.09. The third-order valence-corrected chi connectivity index (χ3v) is 3.22. The van der Waals surface area contributed by atoms with Gasteiger partial charge in [-0.15, -0.1) is 0 Å². The van der Waals surface area contributed by atoms with Gasteiger partial charge in [0, 0.05) is 11.8 Å². The van der Waals surface area contributed by atoms with Crippen LogP contribution in [0.15, 0.2) is 30.5 Å². The molecule has 0 saturated heterocycles. The zero-order chi connectivity index (χ0) is 14.9. The third-order valence-electron chi connectivity index (χ3n) is 2.48. The van der Waals surface area contributed by atoms with E-state index in [0.29, 0.717) is 5.02 Å². The van der Waals surface area contributed by atoms with Crippen molar-refractivity contribution in [3.63, 3.8) is 0 Å². The van der Waals surface area contributed by atoms with Crippen LogP contribution in [0.4, 0.5) is 13.2 Å². The summed E-state index contributed by atoms with van der Waals surface area (Å²) in [6.07, 6.45) is -3.43. The summed E-state index contributed by atoms with van der Waals surface area (Å²) >= 11 is 11.5. The molecule has 0 bridgehead atoms. The summed E-state index contributed by atoms with van der Waals surface area (Å²) in [5.74, 6) is -0.416. The van der Waals surface area contributed by atoms with Crippen molar-refractivity contribution in [1.29, 1.82) is 0 Å². The number of hydrogen-bond donors (Lipinski definition) is 0. The number of benzene rings is 1. The number of nitrogens with zero attached hydrogens (tertiary/aromatic N) is 2. The van der Waals surface area contributed by atoms with Gasteiger partial charge in [-0.1, -0.05) is 23.2 Å². The summed E-state index contributed by atoms with van der Waals surface area (Å²) in [6.45, 7) is -0.311. The molecule has 106 valence electrons.